The molecule has 20 heavy (non-hydrogen) atoms. The zero-order valence-corrected chi connectivity index (χ0v) is 11.1. The third-order valence-corrected chi connectivity index (χ3v) is 2.91. The fourth-order valence-electron chi connectivity index (χ4n) is 2.01. The first-order chi connectivity index (χ1) is 9.72. The van der Waals surface area contributed by atoms with Gasteiger partial charge in [0.05, 0.1) is 17.6 Å². The Kier molecular flexibility index (Phi) is 3.26. The molecule has 0 amide bonds. The normalized spacial score (nSPS) is 12.5. The van der Waals surface area contributed by atoms with Gasteiger partial charge >= 0.3 is 0 Å². The van der Waals surface area contributed by atoms with Crippen molar-refractivity contribution >= 4 is 0 Å². The van der Waals surface area contributed by atoms with Gasteiger partial charge in [0.15, 0.2) is 0 Å². The van der Waals surface area contributed by atoms with E-state index in [1.807, 2.05) is 37.4 Å². The quantitative estimate of drug-likeness (QED) is 0.734. The molecular formula is C13H15N7. The lowest BCUT2D eigenvalue weighted by Crippen LogP contribution is -2.18. The Bertz CT molecular complexity index is 684. The summed E-state index contributed by atoms with van der Waals surface area (Å²) < 4.78 is 1.61. The number of nitrogens with two attached hydrogens (primary N) is 1. The van der Waals surface area contributed by atoms with E-state index in [1.165, 1.54) is 0 Å². The van der Waals surface area contributed by atoms with Crippen molar-refractivity contribution in [3.8, 4) is 16.9 Å². The lowest BCUT2D eigenvalue weighted by atomic mass is 10.1. The maximum absolute atomic E-state index is 5.78. The minimum absolute atomic E-state index is 0.0848. The van der Waals surface area contributed by atoms with Crippen LogP contribution in [0.15, 0.2) is 36.8 Å². The van der Waals surface area contributed by atoms with Crippen molar-refractivity contribution in [1.29, 1.82) is 0 Å². The number of hydrogen-bond donors (Lipinski definition) is 2. The van der Waals surface area contributed by atoms with Crippen LogP contribution >= 0.6 is 0 Å². The lowest BCUT2D eigenvalue weighted by Gasteiger charge is -2.03. The topological polar surface area (TPSA) is 98.3 Å². The van der Waals surface area contributed by atoms with Crippen molar-refractivity contribution in [3.63, 3.8) is 0 Å². The Labute approximate surface area is 115 Å². The number of nitrogens with zero attached hydrogens (tertiary/aromatic N) is 5. The minimum atomic E-state index is 0.0848. The van der Waals surface area contributed by atoms with Crippen molar-refractivity contribution in [2.45, 2.75) is 19.4 Å². The van der Waals surface area contributed by atoms with Gasteiger partial charge in [-0.2, -0.15) is 0 Å². The third kappa shape index (κ3) is 2.57. The largest absolute Gasteiger partial charge is 0.342 e. The van der Waals surface area contributed by atoms with Crippen LogP contribution in [0, 0.1) is 0 Å². The highest BCUT2D eigenvalue weighted by Gasteiger charge is 2.07. The molecule has 1 atom stereocenters. The monoisotopic (exact) mass is 269 g/mol. The molecule has 3 aromatic rings. The van der Waals surface area contributed by atoms with E-state index in [4.69, 9.17) is 5.73 Å². The van der Waals surface area contributed by atoms with Gasteiger partial charge in [-0.05, 0) is 29.5 Å². The summed E-state index contributed by atoms with van der Waals surface area (Å²) in [6.07, 6.45) is 4.11. The fraction of sp³-hybridized carbons (Fsp3) is 0.231. The predicted molar refractivity (Wildman–Crippen MR) is 74.1 cm³/mol. The summed E-state index contributed by atoms with van der Waals surface area (Å²) in [5.74, 6) is 0.892. The van der Waals surface area contributed by atoms with Gasteiger partial charge in [-0.25, -0.2) is 9.67 Å². The molecule has 3 N–H and O–H groups in total. The van der Waals surface area contributed by atoms with Crippen molar-refractivity contribution in [2.75, 3.05) is 0 Å². The molecule has 0 saturated carbocycles. The van der Waals surface area contributed by atoms with Crippen molar-refractivity contribution in [3.05, 3.63) is 42.6 Å². The third-order valence-electron chi connectivity index (χ3n) is 2.91. The minimum Gasteiger partial charge on any atom is -0.342 e. The average molecular weight is 269 g/mol. The van der Waals surface area contributed by atoms with Crippen LogP contribution in [0.2, 0.25) is 0 Å². The van der Waals surface area contributed by atoms with Crippen LogP contribution in [0.5, 0.6) is 0 Å². The van der Waals surface area contributed by atoms with E-state index < -0.39 is 0 Å². The number of aromatic amines is 1. The van der Waals surface area contributed by atoms with Gasteiger partial charge in [0.1, 0.15) is 12.2 Å². The van der Waals surface area contributed by atoms with Crippen molar-refractivity contribution < 1.29 is 0 Å². The lowest BCUT2D eigenvalue weighted by molar-refractivity contribution is 0.710. The Morgan fingerprint density at radius 2 is 2.30 bits per heavy atom. The van der Waals surface area contributed by atoms with E-state index in [9.17, 15) is 0 Å². The van der Waals surface area contributed by atoms with Gasteiger partial charge in [-0.3, -0.25) is 0 Å². The van der Waals surface area contributed by atoms with E-state index in [2.05, 4.69) is 25.5 Å². The molecule has 0 radical (unpaired) electrons. The first-order valence-corrected chi connectivity index (χ1v) is 6.35. The highest BCUT2D eigenvalue weighted by molar-refractivity contribution is 5.61. The maximum Gasteiger partial charge on any atom is 0.143 e. The van der Waals surface area contributed by atoms with E-state index in [-0.39, 0.29) is 6.04 Å². The zero-order chi connectivity index (χ0) is 13.9. The molecule has 0 aliphatic carbocycles. The molecule has 1 aromatic carbocycles. The Morgan fingerprint density at radius 1 is 1.40 bits per heavy atom. The van der Waals surface area contributed by atoms with Crippen LogP contribution in [0.3, 0.4) is 0 Å². The van der Waals surface area contributed by atoms with Gasteiger partial charge in [0.2, 0.25) is 0 Å². The molecule has 0 aliphatic heterocycles. The molecule has 2 aromatic heterocycles. The second-order valence-corrected chi connectivity index (χ2v) is 4.73. The molecule has 0 bridgehead atoms. The number of nitrogens with one attached hydrogen (secondary N) is 1. The number of benzene rings is 1. The van der Waals surface area contributed by atoms with E-state index in [0.717, 1.165) is 29.2 Å². The number of H-pyrrole nitrogens is 1. The predicted octanol–water partition coefficient (Wildman–Crippen LogP) is 0.942. The Balaban J connectivity index is 1.90. The summed E-state index contributed by atoms with van der Waals surface area (Å²) in [5.41, 5.74) is 8.66. The maximum atomic E-state index is 5.78. The van der Waals surface area contributed by atoms with Crippen LogP contribution in [-0.4, -0.2) is 36.2 Å². The van der Waals surface area contributed by atoms with Crippen LogP contribution in [0.4, 0.5) is 0 Å². The first kappa shape index (κ1) is 12.5. The molecule has 7 nitrogen and oxygen atoms in total. The summed E-state index contributed by atoms with van der Waals surface area (Å²) in [6, 6.07) is 8.00. The van der Waals surface area contributed by atoms with Crippen LogP contribution < -0.4 is 5.73 Å². The molecular weight excluding hydrogens is 254 g/mol. The standard InChI is InChI=1S/C13H15N7/c1-9(14)5-13-15-7-12(17-13)10-3-2-4-11(6-10)20-8-16-18-19-20/h2-4,6-9H,5,14H2,1H3,(H,15,17). The number of aromatic nitrogens is 6. The van der Waals surface area contributed by atoms with Gasteiger partial charge in [-0.15, -0.1) is 5.10 Å². The summed E-state index contributed by atoms with van der Waals surface area (Å²) >= 11 is 0. The van der Waals surface area contributed by atoms with Gasteiger partial charge in [0, 0.05) is 18.0 Å². The molecule has 2 heterocycles. The number of tetrazole rings is 1. The molecule has 102 valence electrons. The Hall–Kier alpha value is -2.54. The molecule has 0 fully saturated rings. The highest BCUT2D eigenvalue weighted by Crippen LogP contribution is 2.20. The van der Waals surface area contributed by atoms with Gasteiger partial charge < -0.3 is 10.7 Å². The van der Waals surface area contributed by atoms with E-state index in [1.54, 1.807) is 11.0 Å². The summed E-state index contributed by atoms with van der Waals surface area (Å²) in [5, 5.41) is 11.2. The SMILES string of the molecule is CC(N)Cc1ncc(-c2cccc(-n3cnnn3)c2)[nH]1. The zero-order valence-electron chi connectivity index (χ0n) is 11.1. The van der Waals surface area contributed by atoms with Crippen molar-refractivity contribution in [2.24, 2.45) is 5.73 Å². The van der Waals surface area contributed by atoms with Gasteiger partial charge in [-0.1, -0.05) is 12.1 Å². The van der Waals surface area contributed by atoms with E-state index in [0.29, 0.717) is 0 Å². The fourth-order valence-corrected chi connectivity index (χ4v) is 2.01. The summed E-state index contributed by atoms with van der Waals surface area (Å²) in [4.78, 5) is 7.62. The Morgan fingerprint density at radius 3 is 3.05 bits per heavy atom. The molecule has 7 heteroatoms. The summed E-state index contributed by atoms with van der Waals surface area (Å²) in [6.45, 7) is 1.96. The molecule has 1 unspecified atom stereocenters. The van der Waals surface area contributed by atoms with Gasteiger partial charge in [0.25, 0.3) is 0 Å². The van der Waals surface area contributed by atoms with E-state index >= 15 is 0 Å². The summed E-state index contributed by atoms with van der Waals surface area (Å²) in [7, 11) is 0. The van der Waals surface area contributed by atoms with Crippen molar-refractivity contribution in [1.82, 2.24) is 30.2 Å². The average Bonchev–Trinajstić information content (AvgIpc) is 3.09. The number of imidazole rings is 1. The second kappa shape index (κ2) is 5.22. The second-order valence-electron chi connectivity index (χ2n) is 4.73. The highest BCUT2D eigenvalue weighted by atomic mass is 15.5. The molecule has 0 spiro atoms. The number of hydrogen-bond acceptors (Lipinski definition) is 5. The molecule has 3 rings (SSSR count). The molecule has 0 saturated heterocycles. The van der Waals surface area contributed by atoms with Crippen LogP contribution in [0.1, 0.15) is 12.7 Å². The van der Waals surface area contributed by atoms with Crippen LogP contribution in [0.25, 0.3) is 16.9 Å². The molecule has 0 aliphatic rings. The smallest absolute Gasteiger partial charge is 0.143 e. The number of rotatable bonds is 4. The van der Waals surface area contributed by atoms with Crippen LogP contribution in [-0.2, 0) is 6.42 Å². The first-order valence-electron chi connectivity index (χ1n) is 6.35.